The van der Waals surface area contributed by atoms with Gasteiger partial charge in [0.05, 0.1) is 11.1 Å². The number of amides is 2. The molecule has 3 rings (SSSR count). The predicted molar refractivity (Wildman–Crippen MR) is 85.9 cm³/mol. The van der Waals surface area contributed by atoms with Gasteiger partial charge in [0.1, 0.15) is 0 Å². The van der Waals surface area contributed by atoms with E-state index in [1.807, 2.05) is 12.1 Å². The molecular weight excluding hydrogens is 276 g/mol. The van der Waals surface area contributed by atoms with Crippen molar-refractivity contribution >= 4 is 11.8 Å². The Morgan fingerprint density at radius 3 is 2.18 bits per heavy atom. The zero-order valence-corrected chi connectivity index (χ0v) is 13.3. The average molecular weight is 300 g/mol. The van der Waals surface area contributed by atoms with E-state index in [2.05, 4.69) is 11.8 Å². The number of nitrogens with zero attached hydrogens (tertiary/aromatic N) is 2. The smallest absolute Gasteiger partial charge is 0.261 e. The van der Waals surface area contributed by atoms with Crippen LogP contribution in [0.15, 0.2) is 24.3 Å². The number of rotatable bonds is 5. The third kappa shape index (κ3) is 3.07. The Morgan fingerprint density at radius 2 is 1.59 bits per heavy atom. The number of benzene rings is 1. The van der Waals surface area contributed by atoms with Crippen molar-refractivity contribution < 1.29 is 9.59 Å². The number of carbonyl (C=O) groups excluding carboxylic acids is 2. The summed E-state index contributed by atoms with van der Waals surface area (Å²) in [7, 11) is 0. The monoisotopic (exact) mass is 300 g/mol. The van der Waals surface area contributed by atoms with Crippen LogP contribution < -0.4 is 0 Å². The third-order valence-electron chi connectivity index (χ3n) is 4.76. The zero-order chi connectivity index (χ0) is 15.5. The summed E-state index contributed by atoms with van der Waals surface area (Å²) >= 11 is 0. The fourth-order valence-electron chi connectivity index (χ4n) is 3.39. The van der Waals surface area contributed by atoms with Crippen LogP contribution in [0.4, 0.5) is 0 Å². The van der Waals surface area contributed by atoms with Crippen molar-refractivity contribution in [2.75, 3.05) is 26.2 Å². The minimum absolute atomic E-state index is 0.134. The molecule has 1 aromatic rings. The molecule has 0 radical (unpaired) electrons. The van der Waals surface area contributed by atoms with Crippen molar-refractivity contribution in [1.82, 2.24) is 9.80 Å². The molecule has 1 atom stereocenters. The lowest BCUT2D eigenvalue weighted by Crippen LogP contribution is -2.36. The van der Waals surface area contributed by atoms with Crippen LogP contribution in [0.1, 0.15) is 53.3 Å². The lowest BCUT2D eigenvalue weighted by atomic mass is 10.1. The molecule has 0 aromatic heterocycles. The van der Waals surface area contributed by atoms with Gasteiger partial charge < -0.3 is 4.90 Å². The van der Waals surface area contributed by atoms with E-state index in [0.29, 0.717) is 23.6 Å². The molecule has 0 spiro atoms. The highest BCUT2D eigenvalue weighted by atomic mass is 16.2. The lowest BCUT2D eigenvalue weighted by molar-refractivity contribution is 0.0626. The molecule has 22 heavy (non-hydrogen) atoms. The predicted octanol–water partition coefficient (Wildman–Crippen LogP) is 2.79. The Hall–Kier alpha value is -1.68. The molecule has 0 N–H and O–H groups in total. The van der Waals surface area contributed by atoms with E-state index in [4.69, 9.17) is 0 Å². The van der Waals surface area contributed by atoms with Gasteiger partial charge in [-0.05, 0) is 56.9 Å². The second kappa shape index (κ2) is 6.61. The van der Waals surface area contributed by atoms with Crippen LogP contribution in [0.2, 0.25) is 0 Å². The van der Waals surface area contributed by atoms with Gasteiger partial charge in [0.25, 0.3) is 11.8 Å². The molecule has 118 valence electrons. The summed E-state index contributed by atoms with van der Waals surface area (Å²) in [6.45, 7) is 6.12. The normalized spacial score (nSPS) is 20.3. The summed E-state index contributed by atoms with van der Waals surface area (Å²) in [6.07, 6.45) is 4.98. The van der Waals surface area contributed by atoms with Crippen LogP contribution in [0.5, 0.6) is 0 Å². The fraction of sp³-hybridized carbons (Fsp3) is 0.556. The summed E-state index contributed by atoms with van der Waals surface area (Å²) < 4.78 is 0. The Bertz CT molecular complexity index is 529. The number of fused-ring (bicyclic) bond motifs is 1. The van der Waals surface area contributed by atoms with E-state index in [1.165, 1.54) is 37.3 Å². The second-order valence-electron chi connectivity index (χ2n) is 6.56. The van der Waals surface area contributed by atoms with Gasteiger partial charge in [-0.2, -0.15) is 0 Å². The summed E-state index contributed by atoms with van der Waals surface area (Å²) in [4.78, 5) is 28.6. The Balaban J connectivity index is 1.55. The van der Waals surface area contributed by atoms with Gasteiger partial charge in [-0.3, -0.25) is 14.5 Å². The molecule has 1 fully saturated rings. The van der Waals surface area contributed by atoms with Gasteiger partial charge in [0.15, 0.2) is 0 Å². The number of carbonyl (C=O) groups is 2. The van der Waals surface area contributed by atoms with Crippen molar-refractivity contribution in [3.8, 4) is 0 Å². The first kappa shape index (κ1) is 15.2. The highest BCUT2D eigenvalue weighted by Gasteiger charge is 2.35. The number of imide groups is 1. The Labute approximate surface area is 132 Å². The maximum atomic E-state index is 12.3. The number of hydrogen-bond acceptors (Lipinski definition) is 3. The van der Waals surface area contributed by atoms with E-state index in [-0.39, 0.29) is 11.8 Å². The average Bonchev–Trinajstić information content (AvgIpc) is 2.79. The van der Waals surface area contributed by atoms with E-state index in [0.717, 1.165) is 13.0 Å². The van der Waals surface area contributed by atoms with Crippen molar-refractivity contribution in [3.05, 3.63) is 35.4 Å². The van der Waals surface area contributed by atoms with E-state index >= 15 is 0 Å². The SMILES string of the molecule is CC(CCN1CCCCC1)CN1C(=O)c2ccccc2C1=O. The molecule has 2 aliphatic rings. The summed E-state index contributed by atoms with van der Waals surface area (Å²) in [5, 5.41) is 0. The van der Waals surface area contributed by atoms with E-state index in [1.54, 1.807) is 12.1 Å². The quantitative estimate of drug-likeness (QED) is 0.785. The van der Waals surface area contributed by atoms with Crippen molar-refractivity contribution in [2.24, 2.45) is 5.92 Å². The lowest BCUT2D eigenvalue weighted by Gasteiger charge is -2.28. The van der Waals surface area contributed by atoms with Crippen LogP contribution >= 0.6 is 0 Å². The highest BCUT2D eigenvalue weighted by molar-refractivity contribution is 6.21. The van der Waals surface area contributed by atoms with Crippen LogP contribution in [0.25, 0.3) is 0 Å². The topological polar surface area (TPSA) is 40.6 Å². The first-order valence-electron chi connectivity index (χ1n) is 8.34. The van der Waals surface area contributed by atoms with Crippen LogP contribution in [0.3, 0.4) is 0 Å². The van der Waals surface area contributed by atoms with Gasteiger partial charge in [0.2, 0.25) is 0 Å². The summed E-state index contributed by atoms with van der Waals surface area (Å²) in [5.41, 5.74) is 1.10. The van der Waals surface area contributed by atoms with Gasteiger partial charge in [-0.15, -0.1) is 0 Å². The molecular formula is C18H24N2O2. The van der Waals surface area contributed by atoms with Crippen molar-refractivity contribution in [2.45, 2.75) is 32.6 Å². The maximum Gasteiger partial charge on any atom is 0.261 e. The Kier molecular flexibility index (Phi) is 4.57. The van der Waals surface area contributed by atoms with Crippen LogP contribution in [0, 0.1) is 5.92 Å². The summed E-state index contributed by atoms with van der Waals surface area (Å²) in [5.74, 6) is 0.0694. The summed E-state index contributed by atoms with van der Waals surface area (Å²) in [6, 6.07) is 7.11. The molecule has 0 aliphatic carbocycles. The maximum absolute atomic E-state index is 12.3. The van der Waals surface area contributed by atoms with Crippen molar-refractivity contribution in [1.29, 1.82) is 0 Å². The standard InChI is InChI=1S/C18H24N2O2/c1-14(9-12-19-10-5-2-6-11-19)13-20-17(21)15-7-3-4-8-16(15)18(20)22/h3-4,7-8,14H,2,5-6,9-13H2,1H3. The number of hydrogen-bond donors (Lipinski definition) is 0. The minimum atomic E-state index is -0.134. The molecule has 4 heteroatoms. The highest BCUT2D eigenvalue weighted by Crippen LogP contribution is 2.24. The number of piperidine rings is 1. The molecule has 0 bridgehead atoms. The van der Waals surface area contributed by atoms with Gasteiger partial charge in [-0.25, -0.2) is 0 Å². The first-order chi connectivity index (χ1) is 10.7. The first-order valence-corrected chi connectivity index (χ1v) is 8.34. The van der Waals surface area contributed by atoms with E-state index in [9.17, 15) is 9.59 Å². The Morgan fingerprint density at radius 1 is 1.00 bits per heavy atom. The van der Waals surface area contributed by atoms with E-state index < -0.39 is 0 Å². The largest absolute Gasteiger partial charge is 0.303 e. The molecule has 2 amide bonds. The molecule has 0 saturated carbocycles. The minimum Gasteiger partial charge on any atom is -0.303 e. The fourth-order valence-corrected chi connectivity index (χ4v) is 3.39. The number of likely N-dealkylation sites (tertiary alicyclic amines) is 1. The van der Waals surface area contributed by atoms with Crippen molar-refractivity contribution in [3.63, 3.8) is 0 Å². The van der Waals surface area contributed by atoms with Gasteiger partial charge in [-0.1, -0.05) is 25.5 Å². The zero-order valence-electron chi connectivity index (χ0n) is 13.3. The molecule has 4 nitrogen and oxygen atoms in total. The third-order valence-corrected chi connectivity index (χ3v) is 4.76. The van der Waals surface area contributed by atoms with Gasteiger partial charge >= 0.3 is 0 Å². The van der Waals surface area contributed by atoms with Crippen LogP contribution in [-0.4, -0.2) is 47.8 Å². The molecule has 1 unspecified atom stereocenters. The molecule has 2 aliphatic heterocycles. The molecule has 1 aromatic carbocycles. The molecule has 2 heterocycles. The van der Waals surface area contributed by atoms with Crippen LogP contribution in [-0.2, 0) is 0 Å². The second-order valence-corrected chi connectivity index (χ2v) is 6.56. The molecule has 1 saturated heterocycles. The van der Waals surface area contributed by atoms with Gasteiger partial charge in [0, 0.05) is 6.54 Å².